The van der Waals surface area contributed by atoms with E-state index in [2.05, 4.69) is 9.46 Å². The molecule has 0 unspecified atom stereocenters. The molecule has 0 heterocycles. The zero-order chi connectivity index (χ0) is 15.6. The van der Waals surface area contributed by atoms with Crippen LogP contribution in [-0.4, -0.2) is 15.7 Å². The quantitative estimate of drug-likeness (QED) is 0.863. The highest BCUT2D eigenvalue weighted by molar-refractivity contribution is 7.90. The molecule has 0 aliphatic carbocycles. The van der Waals surface area contributed by atoms with Gasteiger partial charge in [-0.05, 0) is 45.4 Å². The number of ether oxygens (including phenoxy) is 1. The summed E-state index contributed by atoms with van der Waals surface area (Å²) >= 11 is -1.25. The molecule has 3 nitrogen and oxygen atoms in total. The minimum atomic E-state index is -4.70. The van der Waals surface area contributed by atoms with Gasteiger partial charge >= 0.3 is 6.36 Å². The van der Waals surface area contributed by atoms with E-state index in [0.29, 0.717) is 0 Å². The molecule has 0 amide bonds. The molecule has 1 aromatic rings. The van der Waals surface area contributed by atoms with Crippen molar-refractivity contribution in [3.8, 4) is 5.75 Å². The van der Waals surface area contributed by atoms with Gasteiger partial charge in [0.25, 0.3) is 0 Å². The van der Waals surface area contributed by atoms with Crippen molar-refractivity contribution in [1.29, 1.82) is 0 Å². The van der Waals surface area contributed by atoms with E-state index in [-0.39, 0.29) is 11.8 Å². The van der Waals surface area contributed by atoms with Gasteiger partial charge in [0, 0.05) is 11.4 Å². The van der Waals surface area contributed by atoms with Crippen LogP contribution in [-0.2, 0) is 11.4 Å². The molecule has 0 aromatic heterocycles. The monoisotopic (exact) mass is 309 g/mol. The van der Waals surface area contributed by atoms with Crippen molar-refractivity contribution in [1.82, 2.24) is 4.72 Å². The molecule has 114 valence electrons. The highest BCUT2D eigenvalue weighted by Gasteiger charge is 2.31. The van der Waals surface area contributed by atoms with E-state index in [4.69, 9.17) is 0 Å². The molecule has 2 atom stereocenters. The van der Waals surface area contributed by atoms with Crippen molar-refractivity contribution < 1.29 is 22.5 Å². The fraction of sp³-hybridized carbons (Fsp3) is 0.538. The van der Waals surface area contributed by atoms with Crippen LogP contribution in [0.25, 0.3) is 0 Å². The molecule has 0 aliphatic heterocycles. The van der Waals surface area contributed by atoms with Crippen LogP contribution in [0.1, 0.15) is 39.3 Å². The first-order chi connectivity index (χ1) is 8.99. The third-order valence-corrected chi connectivity index (χ3v) is 4.13. The van der Waals surface area contributed by atoms with Crippen molar-refractivity contribution in [3.05, 3.63) is 29.8 Å². The van der Waals surface area contributed by atoms with E-state index in [1.54, 1.807) is 6.92 Å². The lowest BCUT2D eigenvalue weighted by molar-refractivity contribution is -0.274. The Balaban J connectivity index is 2.69. The summed E-state index contributed by atoms with van der Waals surface area (Å²) in [5.41, 5.74) is 0.733. The Morgan fingerprint density at radius 2 is 1.65 bits per heavy atom. The van der Waals surface area contributed by atoms with Crippen LogP contribution in [0.2, 0.25) is 0 Å². The molecular formula is C13H18F3NO2S. The highest BCUT2D eigenvalue weighted by Crippen LogP contribution is 2.25. The summed E-state index contributed by atoms with van der Waals surface area (Å²) < 4.78 is 54.3. The lowest BCUT2D eigenvalue weighted by Crippen LogP contribution is -2.40. The van der Waals surface area contributed by atoms with E-state index in [1.165, 1.54) is 24.3 Å². The number of nitrogens with one attached hydrogen (secondary N) is 1. The SMILES string of the molecule is C[C@@H](N[S@@+]([O-])C(C)(C)C)c1ccc(OC(F)(F)F)cc1. The zero-order valence-corrected chi connectivity index (χ0v) is 12.6. The average Bonchev–Trinajstić information content (AvgIpc) is 2.26. The van der Waals surface area contributed by atoms with E-state index < -0.39 is 22.5 Å². The summed E-state index contributed by atoms with van der Waals surface area (Å²) in [5.74, 6) is -0.273. The largest absolute Gasteiger partial charge is 0.598 e. The van der Waals surface area contributed by atoms with Gasteiger partial charge in [-0.2, -0.15) is 0 Å². The van der Waals surface area contributed by atoms with Crippen molar-refractivity contribution in [2.45, 2.75) is 44.8 Å². The summed E-state index contributed by atoms with van der Waals surface area (Å²) in [6.07, 6.45) is -4.70. The van der Waals surface area contributed by atoms with Crippen LogP contribution in [0.15, 0.2) is 24.3 Å². The number of rotatable bonds is 4. The van der Waals surface area contributed by atoms with Crippen LogP contribution in [0.3, 0.4) is 0 Å². The van der Waals surface area contributed by atoms with Crippen LogP contribution >= 0.6 is 0 Å². The average molecular weight is 309 g/mol. The van der Waals surface area contributed by atoms with Crippen molar-refractivity contribution >= 4 is 11.4 Å². The maximum absolute atomic E-state index is 12.0. The van der Waals surface area contributed by atoms with E-state index in [1.807, 2.05) is 20.8 Å². The Kier molecular flexibility index (Phi) is 5.34. The molecule has 7 heteroatoms. The second kappa shape index (κ2) is 6.24. The first kappa shape index (κ1) is 17.1. The predicted octanol–water partition coefficient (Wildman–Crippen LogP) is 3.70. The normalized spacial score (nSPS) is 15.8. The maximum Gasteiger partial charge on any atom is 0.573 e. The fourth-order valence-electron chi connectivity index (χ4n) is 1.36. The number of hydrogen-bond donors (Lipinski definition) is 1. The number of alkyl halides is 3. The Hall–Kier alpha value is -0.920. The fourth-order valence-corrected chi connectivity index (χ4v) is 2.17. The Morgan fingerprint density at radius 3 is 2.05 bits per heavy atom. The summed E-state index contributed by atoms with van der Waals surface area (Å²) in [4.78, 5) is 0. The molecular weight excluding hydrogens is 291 g/mol. The summed E-state index contributed by atoms with van der Waals surface area (Å²) in [6.45, 7) is 7.30. The zero-order valence-electron chi connectivity index (χ0n) is 11.7. The molecule has 0 radical (unpaired) electrons. The molecule has 0 saturated carbocycles. The number of benzene rings is 1. The standard InChI is InChI=1S/C13H18F3NO2S/c1-9(17-20(18)12(2,3)4)10-5-7-11(8-6-10)19-13(14,15)16/h5-9,17H,1-4H3/t9-,20+/m1/s1. The summed E-state index contributed by atoms with van der Waals surface area (Å²) in [5, 5.41) is 0. The van der Waals surface area contributed by atoms with Gasteiger partial charge < -0.3 is 9.29 Å². The van der Waals surface area contributed by atoms with Crippen molar-refractivity contribution in [2.24, 2.45) is 0 Å². The van der Waals surface area contributed by atoms with Crippen LogP contribution in [0, 0.1) is 0 Å². The molecule has 1 rings (SSSR count). The van der Waals surface area contributed by atoms with E-state index in [0.717, 1.165) is 5.56 Å². The topological polar surface area (TPSA) is 44.3 Å². The minimum Gasteiger partial charge on any atom is -0.598 e. The summed E-state index contributed by atoms with van der Waals surface area (Å²) in [7, 11) is 0. The van der Waals surface area contributed by atoms with Gasteiger partial charge in [-0.25, -0.2) is 0 Å². The number of halogens is 3. The second-order valence-electron chi connectivity index (χ2n) is 5.34. The Morgan fingerprint density at radius 1 is 1.15 bits per heavy atom. The molecule has 0 fully saturated rings. The van der Waals surface area contributed by atoms with Crippen molar-refractivity contribution in [3.63, 3.8) is 0 Å². The van der Waals surface area contributed by atoms with Gasteiger partial charge in [0.05, 0.1) is 6.04 Å². The van der Waals surface area contributed by atoms with Crippen LogP contribution < -0.4 is 9.46 Å². The van der Waals surface area contributed by atoms with Crippen LogP contribution in [0.4, 0.5) is 13.2 Å². The van der Waals surface area contributed by atoms with Gasteiger partial charge in [0.1, 0.15) is 10.5 Å². The molecule has 1 aromatic carbocycles. The van der Waals surface area contributed by atoms with E-state index >= 15 is 0 Å². The van der Waals surface area contributed by atoms with Crippen molar-refractivity contribution in [2.75, 3.05) is 0 Å². The Labute approximate surface area is 119 Å². The van der Waals surface area contributed by atoms with Gasteiger partial charge in [-0.3, -0.25) is 0 Å². The van der Waals surface area contributed by atoms with Gasteiger partial charge in [0.2, 0.25) is 0 Å². The Bertz CT molecular complexity index is 429. The van der Waals surface area contributed by atoms with Gasteiger partial charge in [-0.15, -0.1) is 17.9 Å². The highest BCUT2D eigenvalue weighted by atomic mass is 32.2. The van der Waals surface area contributed by atoms with Gasteiger partial charge in [0.15, 0.2) is 0 Å². The molecule has 0 spiro atoms. The third kappa shape index (κ3) is 5.60. The van der Waals surface area contributed by atoms with Gasteiger partial charge in [-0.1, -0.05) is 12.1 Å². The predicted molar refractivity (Wildman–Crippen MR) is 72.6 cm³/mol. The lowest BCUT2D eigenvalue weighted by atomic mass is 10.1. The lowest BCUT2D eigenvalue weighted by Gasteiger charge is -2.26. The molecule has 0 aliphatic rings. The molecule has 0 saturated heterocycles. The van der Waals surface area contributed by atoms with Crippen LogP contribution in [0.5, 0.6) is 5.75 Å². The summed E-state index contributed by atoms with van der Waals surface area (Å²) in [6, 6.07) is 5.26. The first-order valence-corrected chi connectivity index (χ1v) is 7.18. The molecule has 0 bridgehead atoms. The van der Waals surface area contributed by atoms with E-state index in [9.17, 15) is 17.7 Å². The minimum absolute atomic E-state index is 0.241. The third-order valence-electron chi connectivity index (χ3n) is 2.45. The maximum atomic E-state index is 12.0. The molecule has 1 N–H and O–H groups in total. The smallest absolute Gasteiger partial charge is 0.573 e. The molecule has 20 heavy (non-hydrogen) atoms. The number of hydrogen-bond acceptors (Lipinski definition) is 3. The first-order valence-electron chi connectivity index (χ1n) is 6.03. The second-order valence-corrected chi connectivity index (χ2v) is 7.34.